The second-order valence-electron chi connectivity index (χ2n) is 5.45. The van der Waals surface area contributed by atoms with Crippen LogP contribution < -0.4 is 15.4 Å². The molecule has 8 heteroatoms. The largest absolute Gasteiger partial charge is 0.488 e. The van der Waals surface area contributed by atoms with E-state index in [9.17, 15) is 14.4 Å². The Balaban J connectivity index is 1.68. The highest BCUT2D eigenvalue weighted by Crippen LogP contribution is 2.28. The Morgan fingerprint density at radius 2 is 1.85 bits per heavy atom. The number of carboxylic acid groups (broad SMARTS) is 1. The zero-order valence-corrected chi connectivity index (χ0v) is 14.9. The van der Waals surface area contributed by atoms with Gasteiger partial charge in [0.1, 0.15) is 18.1 Å². The maximum Gasteiger partial charge on any atom is 0.335 e. The summed E-state index contributed by atoms with van der Waals surface area (Å²) in [6, 6.07) is 11.1. The molecule has 3 amide bonds. The van der Waals surface area contributed by atoms with Crippen LogP contribution in [0, 0.1) is 0 Å². The molecule has 3 N–H and O–H groups in total. The number of hydrogen-bond donors (Lipinski definition) is 3. The monoisotopic (exact) mass is 416 g/mol. The number of amides is 3. The van der Waals surface area contributed by atoms with E-state index in [2.05, 4.69) is 26.6 Å². The molecule has 2 aromatic rings. The average Bonchev–Trinajstić information content (AvgIpc) is 2.91. The van der Waals surface area contributed by atoms with Crippen molar-refractivity contribution in [3.05, 3.63) is 69.3 Å². The first-order chi connectivity index (χ1) is 12.4. The van der Waals surface area contributed by atoms with Crippen molar-refractivity contribution in [2.24, 2.45) is 0 Å². The van der Waals surface area contributed by atoms with E-state index in [4.69, 9.17) is 9.84 Å². The topological polar surface area (TPSA) is 105 Å². The van der Waals surface area contributed by atoms with Gasteiger partial charge in [0.05, 0.1) is 10.0 Å². The number of halogens is 1. The first-order valence-corrected chi connectivity index (χ1v) is 8.30. The fourth-order valence-corrected chi connectivity index (χ4v) is 2.79. The van der Waals surface area contributed by atoms with Gasteiger partial charge in [0.25, 0.3) is 5.91 Å². The third-order valence-corrected chi connectivity index (χ3v) is 4.20. The van der Waals surface area contributed by atoms with E-state index in [0.717, 1.165) is 5.56 Å². The van der Waals surface area contributed by atoms with Crippen LogP contribution in [0.15, 0.2) is 52.6 Å². The van der Waals surface area contributed by atoms with Crippen molar-refractivity contribution in [1.82, 2.24) is 10.6 Å². The number of rotatable bonds is 5. The lowest BCUT2D eigenvalue weighted by atomic mass is 10.1. The minimum absolute atomic E-state index is 0.175. The van der Waals surface area contributed by atoms with Crippen LogP contribution in [0.3, 0.4) is 0 Å². The summed E-state index contributed by atoms with van der Waals surface area (Å²) in [7, 11) is 0. The Labute approximate surface area is 156 Å². The number of urea groups is 1. The van der Waals surface area contributed by atoms with Gasteiger partial charge in [0.15, 0.2) is 0 Å². The Bertz CT molecular complexity index is 922. The molecule has 1 heterocycles. The molecule has 1 fully saturated rings. The number of carbonyl (C=O) groups is 3. The fraction of sp³-hybridized carbons (Fsp3) is 0.0556. The van der Waals surface area contributed by atoms with Crippen molar-refractivity contribution >= 4 is 39.9 Å². The number of hydrogen-bond acceptors (Lipinski definition) is 4. The van der Waals surface area contributed by atoms with Crippen molar-refractivity contribution < 1.29 is 24.2 Å². The van der Waals surface area contributed by atoms with Crippen LogP contribution in [0.5, 0.6) is 5.75 Å². The van der Waals surface area contributed by atoms with Crippen LogP contribution in [0.1, 0.15) is 21.5 Å². The average molecular weight is 417 g/mol. The van der Waals surface area contributed by atoms with Gasteiger partial charge in [0.2, 0.25) is 0 Å². The van der Waals surface area contributed by atoms with Crippen LogP contribution in [0.25, 0.3) is 6.08 Å². The minimum Gasteiger partial charge on any atom is -0.488 e. The summed E-state index contributed by atoms with van der Waals surface area (Å²) in [5, 5.41) is 13.4. The number of benzene rings is 2. The molecule has 0 spiro atoms. The highest BCUT2D eigenvalue weighted by atomic mass is 79.9. The summed E-state index contributed by atoms with van der Waals surface area (Å²) >= 11 is 3.41. The van der Waals surface area contributed by atoms with E-state index in [0.29, 0.717) is 15.8 Å². The molecule has 2 aromatic carbocycles. The Morgan fingerprint density at radius 3 is 2.42 bits per heavy atom. The second kappa shape index (κ2) is 7.40. The van der Waals surface area contributed by atoms with Gasteiger partial charge in [-0.15, -0.1) is 0 Å². The van der Waals surface area contributed by atoms with E-state index < -0.39 is 17.9 Å². The number of imide groups is 1. The van der Waals surface area contributed by atoms with Gasteiger partial charge >= 0.3 is 12.0 Å². The normalized spacial score (nSPS) is 14.9. The molecule has 0 atom stereocenters. The molecule has 0 radical (unpaired) electrons. The number of carbonyl (C=O) groups excluding carboxylic acids is 2. The molecule has 7 nitrogen and oxygen atoms in total. The van der Waals surface area contributed by atoms with Crippen molar-refractivity contribution in [1.29, 1.82) is 0 Å². The van der Waals surface area contributed by atoms with E-state index >= 15 is 0 Å². The SMILES string of the molecule is O=C1NC(=O)C(=Cc2ccc(OCc3ccc(C(=O)O)cc3)c(Br)c2)N1. The highest BCUT2D eigenvalue weighted by Gasteiger charge is 2.22. The molecular weight excluding hydrogens is 404 g/mol. The zero-order chi connectivity index (χ0) is 18.7. The standard InChI is InChI=1S/C18H13BrN2O5/c19-13-7-11(8-14-16(22)21-18(25)20-14)3-6-15(13)26-9-10-1-4-12(5-2-10)17(23)24/h1-8H,9H2,(H,23,24)(H2,20,21,22,25). The first-order valence-electron chi connectivity index (χ1n) is 7.51. The Kier molecular flexibility index (Phi) is 5.04. The zero-order valence-electron chi connectivity index (χ0n) is 13.3. The quantitative estimate of drug-likeness (QED) is 0.513. The molecule has 0 aromatic heterocycles. The Morgan fingerprint density at radius 1 is 1.12 bits per heavy atom. The van der Waals surface area contributed by atoms with Crippen LogP contribution in [-0.4, -0.2) is 23.0 Å². The highest BCUT2D eigenvalue weighted by molar-refractivity contribution is 9.10. The van der Waals surface area contributed by atoms with E-state index in [1.807, 2.05) is 0 Å². The maximum absolute atomic E-state index is 11.5. The lowest BCUT2D eigenvalue weighted by Gasteiger charge is -2.09. The third-order valence-electron chi connectivity index (χ3n) is 3.58. The van der Waals surface area contributed by atoms with E-state index in [1.54, 1.807) is 36.4 Å². The molecule has 0 bridgehead atoms. The van der Waals surface area contributed by atoms with E-state index in [-0.39, 0.29) is 17.9 Å². The smallest absolute Gasteiger partial charge is 0.335 e. The van der Waals surface area contributed by atoms with Crippen molar-refractivity contribution in [2.45, 2.75) is 6.61 Å². The summed E-state index contributed by atoms with van der Waals surface area (Å²) in [5.74, 6) is -0.859. The molecular formula is C18H13BrN2O5. The number of ether oxygens (including phenoxy) is 1. The molecule has 1 saturated heterocycles. The first kappa shape index (κ1) is 17.7. The minimum atomic E-state index is -0.975. The predicted octanol–water partition coefficient (Wildman–Crippen LogP) is 2.91. The van der Waals surface area contributed by atoms with Crippen LogP contribution in [-0.2, 0) is 11.4 Å². The van der Waals surface area contributed by atoms with Gasteiger partial charge in [0, 0.05) is 0 Å². The second-order valence-corrected chi connectivity index (χ2v) is 6.30. The van der Waals surface area contributed by atoms with Crippen molar-refractivity contribution in [3.63, 3.8) is 0 Å². The lowest BCUT2D eigenvalue weighted by molar-refractivity contribution is -0.115. The summed E-state index contributed by atoms with van der Waals surface area (Å²) in [5.41, 5.74) is 1.94. The predicted molar refractivity (Wildman–Crippen MR) is 96.5 cm³/mol. The molecule has 0 aliphatic carbocycles. The van der Waals surface area contributed by atoms with Gasteiger partial charge in [-0.25, -0.2) is 9.59 Å². The summed E-state index contributed by atoms with van der Waals surface area (Å²) in [6.07, 6.45) is 1.55. The molecule has 1 aliphatic rings. The van der Waals surface area contributed by atoms with Gasteiger partial charge in [-0.2, -0.15) is 0 Å². The van der Waals surface area contributed by atoms with Gasteiger partial charge < -0.3 is 15.2 Å². The van der Waals surface area contributed by atoms with Crippen molar-refractivity contribution in [3.8, 4) is 5.75 Å². The fourth-order valence-electron chi connectivity index (χ4n) is 2.28. The number of aromatic carboxylic acids is 1. The lowest BCUT2D eigenvalue weighted by Crippen LogP contribution is -2.22. The number of carboxylic acids is 1. The third kappa shape index (κ3) is 4.09. The van der Waals surface area contributed by atoms with Gasteiger partial charge in [-0.1, -0.05) is 18.2 Å². The summed E-state index contributed by atoms with van der Waals surface area (Å²) < 4.78 is 6.40. The Hall–Kier alpha value is -3.13. The van der Waals surface area contributed by atoms with Crippen molar-refractivity contribution in [2.75, 3.05) is 0 Å². The summed E-state index contributed by atoms with van der Waals surface area (Å²) in [6.45, 7) is 0.275. The molecule has 26 heavy (non-hydrogen) atoms. The van der Waals surface area contributed by atoms with Gasteiger partial charge in [-0.05, 0) is 57.4 Å². The molecule has 132 valence electrons. The molecule has 0 unspecified atom stereocenters. The number of nitrogens with one attached hydrogen (secondary N) is 2. The van der Waals surface area contributed by atoms with Crippen LogP contribution >= 0.6 is 15.9 Å². The van der Waals surface area contributed by atoms with Gasteiger partial charge in [-0.3, -0.25) is 10.1 Å². The summed E-state index contributed by atoms with van der Waals surface area (Å²) in [4.78, 5) is 33.5. The maximum atomic E-state index is 11.5. The molecule has 3 rings (SSSR count). The van der Waals surface area contributed by atoms with E-state index in [1.165, 1.54) is 12.1 Å². The van der Waals surface area contributed by atoms with Crippen LogP contribution in [0.2, 0.25) is 0 Å². The molecule has 1 aliphatic heterocycles. The molecule has 0 saturated carbocycles. The van der Waals surface area contributed by atoms with Crippen LogP contribution in [0.4, 0.5) is 4.79 Å².